The van der Waals surface area contributed by atoms with Gasteiger partial charge in [-0.1, -0.05) is 12.1 Å². The van der Waals surface area contributed by atoms with E-state index < -0.39 is 11.7 Å². The number of hydrogen-bond acceptors (Lipinski definition) is 5. The normalized spacial score (nSPS) is 18.2. The van der Waals surface area contributed by atoms with Crippen LogP contribution in [0.25, 0.3) is 0 Å². The van der Waals surface area contributed by atoms with Gasteiger partial charge in [-0.2, -0.15) is 0 Å². The summed E-state index contributed by atoms with van der Waals surface area (Å²) in [7, 11) is 1.56. The molecule has 0 radical (unpaired) electrons. The second kappa shape index (κ2) is 8.97. The van der Waals surface area contributed by atoms with Crippen LogP contribution in [-0.4, -0.2) is 64.9 Å². The third kappa shape index (κ3) is 4.36. The molecule has 2 aromatic rings. The van der Waals surface area contributed by atoms with E-state index in [2.05, 4.69) is 9.97 Å². The Morgan fingerprint density at radius 1 is 1.26 bits per heavy atom. The third-order valence-corrected chi connectivity index (χ3v) is 5.93. The lowest BCUT2D eigenvalue weighted by Gasteiger charge is -2.28. The zero-order valence-electron chi connectivity index (χ0n) is 17.4. The van der Waals surface area contributed by atoms with E-state index in [1.54, 1.807) is 18.1 Å². The minimum Gasteiger partial charge on any atom is -0.384 e. The predicted molar refractivity (Wildman–Crippen MR) is 110 cm³/mol. The first-order chi connectivity index (χ1) is 15.0. The van der Waals surface area contributed by atoms with Crippen LogP contribution >= 0.6 is 0 Å². The first-order valence-electron chi connectivity index (χ1n) is 10.4. The summed E-state index contributed by atoms with van der Waals surface area (Å²) in [4.78, 5) is 48.5. The van der Waals surface area contributed by atoms with Gasteiger partial charge in [0.25, 0.3) is 11.5 Å². The average Bonchev–Trinajstić information content (AvgIpc) is 3.27. The molecule has 2 amide bonds. The molecule has 0 unspecified atom stereocenters. The van der Waals surface area contributed by atoms with Crippen LogP contribution in [-0.2, 0) is 22.5 Å². The largest absolute Gasteiger partial charge is 0.384 e. The lowest BCUT2D eigenvalue weighted by Crippen LogP contribution is -2.40. The minimum absolute atomic E-state index is 0.0111. The molecule has 2 aliphatic heterocycles. The molecule has 2 aliphatic rings. The van der Waals surface area contributed by atoms with E-state index in [0.717, 1.165) is 0 Å². The van der Waals surface area contributed by atoms with Gasteiger partial charge in [0.15, 0.2) is 0 Å². The quantitative estimate of drug-likeness (QED) is 0.778. The van der Waals surface area contributed by atoms with Crippen molar-refractivity contribution in [3.8, 4) is 0 Å². The third-order valence-electron chi connectivity index (χ3n) is 5.93. The van der Waals surface area contributed by atoms with Gasteiger partial charge >= 0.3 is 0 Å². The molecule has 0 bridgehead atoms. The molecular weight excluding hydrogens is 403 g/mol. The monoisotopic (exact) mass is 428 g/mol. The molecule has 1 N–H and O–H groups in total. The number of fused-ring (bicyclic) bond motifs is 1. The van der Waals surface area contributed by atoms with Gasteiger partial charge in [0, 0.05) is 38.2 Å². The Morgan fingerprint density at radius 3 is 2.84 bits per heavy atom. The fourth-order valence-corrected chi connectivity index (χ4v) is 4.19. The molecule has 1 fully saturated rings. The number of halogens is 1. The molecule has 9 heteroatoms. The molecule has 0 saturated carbocycles. The highest BCUT2D eigenvalue weighted by molar-refractivity contribution is 5.94. The van der Waals surface area contributed by atoms with E-state index >= 15 is 0 Å². The molecule has 1 atom stereocenters. The van der Waals surface area contributed by atoms with Gasteiger partial charge in [-0.15, -0.1) is 0 Å². The zero-order valence-corrected chi connectivity index (χ0v) is 17.4. The number of methoxy groups -OCH3 is 1. The van der Waals surface area contributed by atoms with Gasteiger partial charge in [0.05, 0.1) is 30.8 Å². The first-order valence-corrected chi connectivity index (χ1v) is 10.4. The van der Waals surface area contributed by atoms with Gasteiger partial charge in [-0.25, -0.2) is 9.37 Å². The Balaban J connectivity index is 1.51. The highest BCUT2D eigenvalue weighted by atomic mass is 19.1. The molecule has 3 heterocycles. The van der Waals surface area contributed by atoms with Crippen molar-refractivity contribution in [2.24, 2.45) is 0 Å². The van der Waals surface area contributed by atoms with Crippen molar-refractivity contribution in [2.75, 3.05) is 33.4 Å². The number of ether oxygens (including phenoxy) is 1. The van der Waals surface area contributed by atoms with Crippen LogP contribution in [0.3, 0.4) is 0 Å². The van der Waals surface area contributed by atoms with Crippen LogP contribution in [0.15, 0.2) is 29.1 Å². The van der Waals surface area contributed by atoms with Crippen molar-refractivity contribution < 1.29 is 18.7 Å². The molecule has 1 saturated heterocycles. The van der Waals surface area contributed by atoms with E-state index in [4.69, 9.17) is 4.74 Å². The number of H-pyrrole nitrogens is 1. The van der Waals surface area contributed by atoms with Gasteiger partial charge in [0.2, 0.25) is 5.91 Å². The summed E-state index contributed by atoms with van der Waals surface area (Å²) in [5.74, 6) is -0.496. The number of likely N-dealkylation sites (tertiary alicyclic amines) is 1. The Bertz CT molecular complexity index is 1050. The maximum Gasteiger partial charge on any atom is 0.257 e. The van der Waals surface area contributed by atoms with E-state index in [-0.39, 0.29) is 29.5 Å². The highest BCUT2D eigenvalue weighted by Crippen LogP contribution is 2.26. The molecule has 164 valence electrons. The molecule has 8 nitrogen and oxygen atoms in total. The van der Waals surface area contributed by atoms with Crippen molar-refractivity contribution in [1.29, 1.82) is 0 Å². The fourth-order valence-electron chi connectivity index (χ4n) is 4.19. The van der Waals surface area contributed by atoms with Gasteiger partial charge < -0.3 is 19.5 Å². The number of aromatic nitrogens is 2. The van der Waals surface area contributed by atoms with Gasteiger partial charge in [0.1, 0.15) is 11.6 Å². The van der Waals surface area contributed by atoms with Gasteiger partial charge in [-0.05, 0) is 25.0 Å². The van der Waals surface area contributed by atoms with E-state index in [1.165, 1.54) is 23.1 Å². The molecule has 1 aromatic heterocycles. The molecule has 0 spiro atoms. The number of nitrogens with zero attached hydrogens (tertiary/aromatic N) is 3. The molecule has 31 heavy (non-hydrogen) atoms. The molecular formula is C22H25FN4O4. The number of nitrogens with one attached hydrogen (secondary N) is 1. The lowest BCUT2D eigenvalue weighted by atomic mass is 10.0. The van der Waals surface area contributed by atoms with Crippen LogP contribution in [0.1, 0.15) is 46.2 Å². The number of hydrogen-bond donors (Lipinski definition) is 1. The van der Waals surface area contributed by atoms with Crippen LogP contribution in [0, 0.1) is 5.82 Å². The first kappa shape index (κ1) is 21.2. The predicted octanol–water partition coefficient (Wildman–Crippen LogP) is 1.46. The number of benzene rings is 1. The summed E-state index contributed by atoms with van der Waals surface area (Å²) in [6, 6.07) is 5.87. The Kier molecular flexibility index (Phi) is 6.13. The zero-order chi connectivity index (χ0) is 22.0. The van der Waals surface area contributed by atoms with Crippen molar-refractivity contribution in [3.63, 3.8) is 0 Å². The molecule has 4 rings (SSSR count). The molecule has 0 aliphatic carbocycles. The minimum atomic E-state index is -0.568. The van der Waals surface area contributed by atoms with E-state index in [9.17, 15) is 18.8 Å². The van der Waals surface area contributed by atoms with Crippen molar-refractivity contribution in [2.45, 2.75) is 31.7 Å². The standard InChI is InChI=1S/C22H25FN4O4/c1-31-11-8-19(28)26-9-6-14(12-26)20-24-18-13-27(10-7-16(18)21(29)25-20)22(30)15-4-2-3-5-17(15)23/h2-5,14H,6-13H2,1H3,(H,24,25,29)/t14-/m1/s1. The SMILES string of the molecule is COCCC(=O)N1CC[C@@H](c2nc3c(c(=O)[nH]2)CCN(C(=O)c2ccccc2F)C3)C1. The Hall–Kier alpha value is -3.07. The summed E-state index contributed by atoms with van der Waals surface area (Å²) in [5.41, 5.74) is 0.908. The maximum absolute atomic E-state index is 14.0. The van der Waals surface area contributed by atoms with E-state index in [0.29, 0.717) is 62.6 Å². The van der Waals surface area contributed by atoms with Crippen molar-refractivity contribution in [3.05, 3.63) is 63.1 Å². The smallest absolute Gasteiger partial charge is 0.257 e. The van der Waals surface area contributed by atoms with Crippen LogP contribution in [0.4, 0.5) is 4.39 Å². The summed E-state index contributed by atoms with van der Waals surface area (Å²) in [5, 5.41) is 0. The summed E-state index contributed by atoms with van der Waals surface area (Å²) in [6.07, 6.45) is 1.40. The number of rotatable bonds is 5. The second-order valence-electron chi connectivity index (χ2n) is 7.90. The lowest BCUT2D eigenvalue weighted by molar-refractivity contribution is -0.131. The number of carbonyl (C=O) groups excluding carboxylic acids is 2. The summed E-state index contributed by atoms with van der Waals surface area (Å²) < 4.78 is 19.0. The summed E-state index contributed by atoms with van der Waals surface area (Å²) >= 11 is 0. The number of aromatic amines is 1. The second-order valence-corrected chi connectivity index (χ2v) is 7.90. The van der Waals surface area contributed by atoms with Crippen molar-refractivity contribution in [1.82, 2.24) is 19.8 Å². The van der Waals surface area contributed by atoms with Gasteiger partial charge in [-0.3, -0.25) is 14.4 Å². The highest BCUT2D eigenvalue weighted by Gasteiger charge is 2.31. The van der Waals surface area contributed by atoms with Crippen molar-refractivity contribution >= 4 is 11.8 Å². The topological polar surface area (TPSA) is 95.6 Å². The van der Waals surface area contributed by atoms with Crippen LogP contribution in [0.2, 0.25) is 0 Å². The summed E-state index contributed by atoms with van der Waals surface area (Å²) in [6.45, 7) is 1.95. The maximum atomic E-state index is 14.0. The van der Waals surface area contributed by atoms with Crippen LogP contribution < -0.4 is 5.56 Å². The average molecular weight is 428 g/mol. The van der Waals surface area contributed by atoms with Crippen LogP contribution in [0.5, 0.6) is 0 Å². The number of amides is 2. The fraction of sp³-hybridized carbons (Fsp3) is 0.455. The Morgan fingerprint density at radius 2 is 2.06 bits per heavy atom. The Labute approximate surface area is 179 Å². The number of carbonyl (C=O) groups is 2. The van der Waals surface area contributed by atoms with E-state index in [1.807, 2.05) is 0 Å². The molecule has 1 aromatic carbocycles.